The SMILES string of the molecule is O=C(/C=C/c1cccc(Oc2ccccc2)c1)NNC(=O)[C@H]1CCS(=O)(=O)C1. The Hall–Kier alpha value is -3.13. The normalized spacial score (nSPS) is 17.9. The summed E-state index contributed by atoms with van der Waals surface area (Å²) < 4.78 is 28.5. The van der Waals surface area contributed by atoms with Gasteiger partial charge in [0.05, 0.1) is 17.4 Å². The van der Waals surface area contributed by atoms with Gasteiger partial charge in [0.2, 0.25) is 5.91 Å². The van der Waals surface area contributed by atoms with E-state index in [1.54, 1.807) is 24.3 Å². The molecule has 28 heavy (non-hydrogen) atoms. The molecule has 2 amide bonds. The van der Waals surface area contributed by atoms with Crippen LogP contribution in [0.15, 0.2) is 60.7 Å². The number of hydrogen-bond donors (Lipinski definition) is 2. The van der Waals surface area contributed by atoms with E-state index in [4.69, 9.17) is 4.74 Å². The number of para-hydroxylation sites is 1. The number of ether oxygens (including phenoxy) is 1. The third-order valence-corrected chi connectivity index (χ3v) is 5.94. The maximum Gasteiger partial charge on any atom is 0.262 e. The highest BCUT2D eigenvalue weighted by Gasteiger charge is 2.32. The summed E-state index contributed by atoms with van der Waals surface area (Å²) in [5.41, 5.74) is 5.27. The van der Waals surface area contributed by atoms with Gasteiger partial charge in [-0.25, -0.2) is 8.42 Å². The summed E-state index contributed by atoms with van der Waals surface area (Å²) in [5.74, 6) is -0.493. The zero-order valence-electron chi connectivity index (χ0n) is 15.0. The van der Waals surface area contributed by atoms with Crippen LogP contribution < -0.4 is 15.6 Å². The second-order valence-corrected chi connectivity index (χ2v) is 8.63. The fourth-order valence-corrected chi connectivity index (χ4v) is 4.49. The average Bonchev–Trinajstić information content (AvgIpc) is 3.05. The number of sulfone groups is 1. The van der Waals surface area contributed by atoms with E-state index in [2.05, 4.69) is 10.9 Å². The van der Waals surface area contributed by atoms with E-state index in [-0.39, 0.29) is 17.9 Å². The maximum absolute atomic E-state index is 11.9. The number of hydrogen-bond acceptors (Lipinski definition) is 5. The largest absolute Gasteiger partial charge is 0.457 e. The summed E-state index contributed by atoms with van der Waals surface area (Å²) >= 11 is 0. The van der Waals surface area contributed by atoms with Crippen molar-refractivity contribution < 1.29 is 22.7 Å². The van der Waals surface area contributed by atoms with Crippen molar-refractivity contribution in [1.82, 2.24) is 10.9 Å². The third kappa shape index (κ3) is 5.68. The highest BCUT2D eigenvalue weighted by Crippen LogP contribution is 2.22. The number of carbonyl (C=O) groups excluding carboxylic acids is 2. The maximum atomic E-state index is 11.9. The fraction of sp³-hybridized carbons (Fsp3) is 0.200. The van der Waals surface area contributed by atoms with Crippen molar-refractivity contribution in [1.29, 1.82) is 0 Å². The summed E-state index contributed by atoms with van der Waals surface area (Å²) in [6.45, 7) is 0. The van der Waals surface area contributed by atoms with Crippen LogP contribution in [0.5, 0.6) is 11.5 Å². The molecule has 146 valence electrons. The van der Waals surface area contributed by atoms with Gasteiger partial charge in [0.1, 0.15) is 11.5 Å². The van der Waals surface area contributed by atoms with Crippen molar-refractivity contribution in [3.05, 3.63) is 66.2 Å². The molecule has 2 aromatic carbocycles. The molecule has 0 radical (unpaired) electrons. The molecule has 0 aromatic heterocycles. The minimum atomic E-state index is -3.15. The van der Waals surface area contributed by atoms with E-state index in [1.807, 2.05) is 36.4 Å². The van der Waals surface area contributed by atoms with Crippen molar-refractivity contribution in [2.45, 2.75) is 6.42 Å². The first kappa shape index (κ1) is 19.6. The predicted molar refractivity (Wildman–Crippen MR) is 105 cm³/mol. The minimum absolute atomic E-state index is 0.000326. The Morgan fingerprint density at radius 3 is 2.46 bits per heavy atom. The van der Waals surface area contributed by atoms with E-state index in [0.29, 0.717) is 11.5 Å². The Bertz CT molecular complexity index is 987. The molecule has 1 heterocycles. The molecule has 1 aliphatic rings. The average molecular weight is 400 g/mol. The molecule has 0 saturated carbocycles. The molecule has 0 spiro atoms. The van der Waals surface area contributed by atoms with Gasteiger partial charge in [-0.1, -0.05) is 30.3 Å². The van der Waals surface area contributed by atoms with Crippen molar-refractivity contribution in [2.75, 3.05) is 11.5 Å². The monoisotopic (exact) mass is 400 g/mol. The Kier molecular flexibility index (Phi) is 6.10. The van der Waals surface area contributed by atoms with Gasteiger partial charge in [-0.2, -0.15) is 0 Å². The van der Waals surface area contributed by atoms with Crippen LogP contribution in [-0.2, 0) is 19.4 Å². The number of carbonyl (C=O) groups is 2. The molecular formula is C20H20N2O5S. The van der Waals surface area contributed by atoms with Gasteiger partial charge < -0.3 is 4.74 Å². The van der Waals surface area contributed by atoms with Crippen molar-refractivity contribution in [3.8, 4) is 11.5 Å². The summed E-state index contributed by atoms with van der Waals surface area (Å²) in [6.07, 6.45) is 3.13. The molecule has 0 aliphatic carbocycles. The second kappa shape index (κ2) is 8.71. The molecule has 7 nitrogen and oxygen atoms in total. The van der Waals surface area contributed by atoms with Gasteiger partial charge in [-0.05, 0) is 42.3 Å². The van der Waals surface area contributed by atoms with Gasteiger partial charge in [-0.15, -0.1) is 0 Å². The van der Waals surface area contributed by atoms with Crippen molar-refractivity contribution >= 4 is 27.7 Å². The highest BCUT2D eigenvalue weighted by atomic mass is 32.2. The molecule has 2 aromatic rings. The van der Waals surface area contributed by atoms with Gasteiger partial charge in [0, 0.05) is 6.08 Å². The molecule has 2 N–H and O–H groups in total. The predicted octanol–water partition coefficient (Wildman–Crippen LogP) is 2.07. The van der Waals surface area contributed by atoms with Gasteiger partial charge in [0.15, 0.2) is 9.84 Å². The van der Waals surface area contributed by atoms with Crippen LogP contribution in [0.1, 0.15) is 12.0 Å². The van der Waals surface area contributed by atoms with E-state index in [0.717, 1.165) is 5.56 Å². The second-order valence-electron chi connectivity index (χ2n) is 6.40. The van der Waals surface area contributed by atoms with Gasteiger partial charge in [-0.3, -0.25) is 20.4 Å². The molecule has 0 bridgehead atoms. The fourth-order valence-electron chi connectivity index (χ4n) is 2.75. The lowest BCUT2D eigenvalue weighted by molar-refractivity contribution is -0.129. The van der Waals surface area contributed by atoms with E-state index in [9.17, 15) is 18.0 Å². The smallest absolute Gasteiger partial charge is 0.262 e. The Balaban J connectivity index is 1.51. The first-order chi connectivity index (χ1) is 13.4. The van der Waals surface area contributed by atoms with Crippen LogP contribution in [0.4, 0.5) is 0 Å². The van der Waals surface area contributed by atoms with Crippen LogP contribution >= 0.6 is 0 Å². The molecule has 1 saturated heterocycles. The molecule has 8 heteroatoms. The molecule has 1 fully saturated rings. The number of nitrogens with one attached hydrogen (secondary N) is 2. The molecular weight excluding hydrogens is 380 g/mol. The first-order valence-electron chi connectivity index (χ1n) is 8.73. The lowest BCUT2D eigenvalue weighted by Gasteiger charge is -2.09. The first-order valence-corrected chi connectivity index (χ1v) is 10.5. The summed E-state index contributed by atoms with van der Waals surface area (Å²) in [4.78, 5) is 23.8. The lowest BCUT2D eigenvalue weighted by Crippen LogP contribution is -2.44. The zero-order valence-corrected chi connectivity index (χ0v) is 15.8. The van der Waals surface area contributed by atoms with E-state index in [1.165, 1.54) is 6.08 Å². The number of hydrazine groups is 1. The van der Waals surface area contributed by atoms with Crippen LogP contribution in [0.2, 0.25) is 0 Å². The Labute approximate surface area is 163 Å². The summed E-state index contributed by atoms with van der Waals surface area (Å²) in [5, 5.41) is 0. The van der Waals surface area contributed by atoms with E-state index < -0.39 is 27.6 Å². The number of rotatable bonds is 5. The third-order valence-electron chi connectivity index (χ3n) is 4.18. The number of benzene rings is 2. The van der Waals surface area contributed by atoms with Gasteiger partial charge >= 0.3 is 0 Å². The highest BCUT2D eigenvalue weighted by molar-refractivity contribution is 7.91. The summed E-state index contributed by atoms with van der Waals surface area (Å²) in [6, 6.07) is 16.5. The standard InChI is InChI=1S/C20H20N2O5S/c23-19(21-22-20(24)16-11-12-28(25,26)14-16)10-9-15-5-4-8-18(13-15)27-17-6-2-1-3-7-17/h1-10,13,16H,11-12,14H2,(H,21,23)(H,22,24)/b10-9+/t16-/m0/s1. The Morgan fingerprint density at radius 1 is 1.00 bits per heavy atom. The minimum Gasteiger partial charge on any atom is -0.457 e. The molecule has 0 unspecified atom stereocenters. The number of amides is 2. The van der Waals surface area contributed by atoms with Crippen LogP contribution in [0.3, 0.4) is 0 Å². The quantitative estimate of drug-likeness (QED) is 0.591. The summed E-state index contributed by atoms with van der Waals surface area (Å²) in [7, 11) is -3.15. The molecule has 1 aliphatic heterocycles. The van der Waals surface area contributed by atoms with E-state index >= 15 is 0 Å². The van der Waals surface area contributed by atoms with Crippen molar-refractivity contribution in [3.63, 3.8) is 0 Å². The molecule has 3 rings (SSSR count). The van der Waals surface area contributed by atoms with Crippen molar-refractivity contribution in [2.24, 2.45) is 5.92 Å². The van der Waals surface area contributed by atoms with Gasteiger partial charge in [0.25, 0.3) is 5.91 Å². The topological polar surface area (TPSA) is 102 Å². The van der Waals surface area contributed by atoms with Crippen LogP contribution in [0, 0.1) is 5.92 Å². The molecule has 1 atom stereocenters. The lowest BCUT2D eigenvalue weighted by atomic mass is 10.1. The Morgan fingerprint density at radius 2 is 1.75 bits per heavy atom. The zero-order chi connectivity index (χ0) is 20.0. The van der Waals surface area contributed by atoms with Crippen LogP contribution in [0.25, 0.3) is 6.08 Å². The van der Waals surface area contributed by atoms with Crippen LogP contribution in [-0.4, -0.2) is 31.7 Å².